The van der Waals surface area contributed by atoms with E-state index < -0.39 is 0 Å². The molecular weight excluding hydrogens is 447 g/mol. The Morgan fingerprint density at radius 1 is 1.28 bits per heavy atom. The highest BCUT2D eigenvalue weighted by Gasteiger charge is 2.15. The van der Waals surface area contributed by atoms with E-state index in [2.05, 4.69) is 20.9 Å². The topological polar surface area (TPSA) is 65.5 Å². The van der Waals surface area contributed by atoms with Crippen molar-refractivity contribution in [3.63, 3.8) is 0 Å². The number of hydrogen-bond acceptors (Lipinski definition) is 3. The van der Waals surface area contributed by atoms with Crippen LogP contribution in [0.15, 0.2) is 29.3 Å². The number of nitrogens with zero attached hydrogens (tertiary/aromatic N) is 1. The lowest BCUT2D eigenvalue weighted by atomic mass is 10.2. The number of thioether (sulfide) groups is 1. The van der Waals surface area contributed by atoms with Crippen LogP contribution >= 0.6 is 35.7 Å². The van der Waals surface area contributed by atoms with Crippen molar-refractivity contribution in [1.82, 2.24) is 10.6 Å². The van der Waals surface area contributed by atoms with Gasteiger partial charge in [-0.15, -0.1) is 24.0 Å². The van der Waals surface area contributed by atoms with Gasteiger partial charge in [-0.2, -0.15) is 11.8 Å². The Labute approximate surface area is 172 Å². The van der Waals surface area contributed by atoms with Crippen LogP contribution < -0.4 is 16.0 Å². The first-order valence-electron chi connectivity index (χ1n) is 8.66. The minimum absolute atomic E-state index is 0. The summed E-state index contributed by atoms with van der Waals surface area (Å²) in [6.07, 6.45) is 4.04. The number of amides is 1. The number of aliphatic imine (C=N–C) groups is 1. The van der Waals surface area contributed by atoms with Gasteiger partial charge < -0.3 is 16.0 Å². The molecule has 0 aromatic heterocycles. The van der Waals surface area contributed by atoms with Crippen molar-refractivity contribution in [2.75, 3.05) is 24.7 Å². The Kier molecular flexibility index (Phi) is 11.0. The average molecular weight is 476 g/mol. The third kappa shape index (κ3) is 8.31. The fraction of sp³-hybridized carbons (Fsp3) is 0.556. The Hall–Kier alpha value is -0.960. The molecule has 1 fully saturated rings. The summed E-state index contributed by atoms with van der Waals surface area (Å²) in [4.78, 5) is 15.9. The molecule has 3 N–H and O–H groups in total. The number of carbonyl (C=O) groups is 1. The Bertz CT molecular complexity index is 545. The highest BCUT2D eigenvalue weighted by molar-refractivity contribution is 14.0. The van der Waals surface area contributed by atoms with Gasteiger partial charge in [0.15, 0.2) is 5.96 Å². The molecule has 0 saturated carbocycles. The van der Waals surface area contributed by atoms with Gasteiger partial charge in [-0.3, -0.25) is 9.79 Å². The van der Waals surface area contributed by atoms with E-state index in [1.165, 1.54) is 18.6 Å². The Balaban J connectivity index is 0.00000312. The number of guanidine groups is 1. The van der Waals surface area contributed by atoms with Crippen molar-refractivity contribution in [3.8, 4) is 0 Å². The predicted octanol–water partition coefficient (Wildman–Crippen LogP) is 3.60. The van der Waals surface area contributed by atoms with Gasteiger partial charge in [0.2, 0.25) is 5.91 Å². The smallest absolute Gasteiger partial charge is 0.224 e. The van der Waals surface area contributed by atoms with E-state index in [1.807, 2.05) is 43.0 Å². The van der Waals surface area contributed by atoms with Crippen LogP contribution in [0.5, 0.6) is 0 Å². The van der Waals surface area contributed by atoms with Gasteiger partial charge in [-0.25, -0.2) is 0 Å². The van der Waals surface area contributed by atoms with E-state index >= 15 is 0 Å². The van der Waals surface area contributed by atoms with E-state index in [0.29, 0.717) is 18.2 Å². The predicted molar refractivity (Wildman–Crippen MR) is 119 cm³/mol. The molecule has 1 aromatic rings. The van der Waals surface area contributed by atoms with Crippen LogP contribution in [0.3, 0.4) is 0 Å². The molecule has 7 heteroatoms. The molecule has 0 bridgehead atoms. The van der Waals surface area contributed by atoms with E-state index in [4.69, 9.17) is 0 Å². The van der Waals surface area contributed by atoms with Crippen molar-refractivity contribution in [3.05, 3.63) is 29.8 Å². The lowest BCUT2D eigenvalue weighted by Gasteiger charge is -2.15. The molecule has 1 saturated heterocycles. The molecule has 140 valence electrons. The van der Waals surface area contributed by atoms with E-state index in [1.54, 1.807) is 7.05 Å². The van der Waals surface area contributed by atoms with Gasteiger partial charge >= 0.3 is 0 Å². The maximum Gasteiger partial charge on any atom is 0.224 e. The van der Waals surface area contributed by atoms with Crippen molar-refractivity contribution >= 4 is 53.3 Å². The quantitative estimate of drug-likeness (QED) is 0.320. The molecule has 1 amide bonds. The van der Waals surface area contributed by atoms with Crippen molar-refractivity contribution in [2.24, 2.45) is 4.99 Å². The van der Waals surface area contributed by atoms with Crippen LogP contribution in [0, 0.1) is 0 Å². The largest absolute Gasteiger partial charge is 0.355 e. The molecule has 0 spiro atoms. The third-order valence-corrected chi connectivity index (χ3v) is 5.32. The van der Waals surface area contributed by atoms with Gasteiger partial charge in [0.25, 0.3) is 0 Å². The molecule has 1 heterocycles. The average Bonchev–Trinajstić information content (AvgIpc) is 3.10. The molecule has 1 atom stereocenters. The molecule has 1 unspecified atom stereocenters. The molecule has 1 aromatic carbocycles. The van der Waals surface area contributed by atoms with Crippen molar-refractivity contribution in [2.45, 2.75) is 44.4 Å². The monoisotopic (exact) mass is 476 g/mol. The lowest BCUT2D eigenvalue weighted by Crippen LogP contribution is -2.39. The maximum atomic E-state index is 11.6. The Morgan fingerprint density at radius 3 is 2.64 bits per heavy atom. The van der Waals surface area contributed by atoms with Crippen LogP contribution in [0.2, 0.25) is 0 Å². The van der Waals surface area contributed by atoms with Crippen LogP contribution in [-0.4, -0.2) is 36.5 Å². The molecule has 0 aliphatic carbocycles. The number of anilines is 1. The zero-order valence-electron chi connectivity index (χ0n) is 15.0. The standard InChI is InChI=1S/C18H28N4OS.HI/c1-3-5-17(23)22-15-9-7-14(8-10-15)12-20-18(19-2)21-13-16-6-4-11-24-16;/h7-10,16H,3-6,11-13H2,1-2H3,(H,22,23)(H2,19,20,21);1H. The summed E-state index contributed by atoms with van der Waals surface area (Å²) < 4.78 is 0. The summed E-state index contributed by atoms with van der Waals surface area (Å²) >= 11 is 2.04. The third-order valence-electron chi connectivity index (χ3n) is 3.92. The highest BCUT2D eigenvalue weighted by Crippen LogP contribution is 2.25. The first-order chi connectivity index (χ1) is 11.7. The molecule has 25 heavy (non-hydrogen) atoms. The fourth-order valence-corrected chi connectivity index (χ4v) is 3.78. The zero-order chi connectivity index (χ0) is 17.2. The molecule has 5 nitrogen and oxygen atoms in total. The molecular formula is C18H29IN4OS. The van der Waals surface area contributed by atoms with Gasteiger partial charge in [0, 0.05) is 37.5 Å². The first kappa shape index (κ1) is 22.1. The van der Waals surface area contributed by atoms with E-state index in [9.17, 15) is 4.79 Å². The second-order valence-corrected chi connectivity index (χ2v) is 7.35. The maximum absolute atomic E-state index is 11.6. The number of carbonyl (C=O) groups excluding carboxylic acids is 1. The summed E-state index contributed by atoms with van der Waals surface area (Å²) in [5.74, 6) is 2.18. The summed E-state index contributed by atoms with van der Waals surface area (Å²) in [7, 11) is 1.80. The Morgan fingerprint density at radius 2 is 2.04 bits per heavy atom. The molecule has 1 aliphatic rings. The highest BCUT2D eigenvalue weighted by atomic mass is 127. The van der Waals surface area contributed by atoms with Crippen molar-refractivity contribution < 1.29 is 4.79 Å². The fourth-order valence-electron chi connectivity index (χ4n) is 2.58. The van der Waals surface area contributed by atoms with E-state index in [0.717, 1.165) is 30.2 Å². The van der Waals surface area contributed by atoms with Crippen molar-refractivity contribution in [1.29, 1.82) is 0 Å². The second kappa shape index (κ2) is 12.4. The summed E-state index contributed by atoms with van der Waals surface area (Å²) in [5, 5.41) is 10.3. The number of benzene rings is 1. The SMILES string of the molecule is CCCC(=O)Nc1ccc(CNC(=NC)NCC2CCCS2)cc1.I. The van der Waals surface area contributed by atoms with Gasteiger partial charge in [0.05, 0.1) is 0 Å². The number of rotatable bonds is 7. The lowest BCUT2D eigenvalue weighted by molar-refractivity contribution is -0.116. The zero-order valence-corrected chi connectivity index (χ0v) is 18.2. The van der Waals surface area contributed by atoms with Gasteiger partial charge in [-0.1, -0.05) is 19.1 Å². The van der Waals surface area contributed by atoms with Crippen LogP contribution in [0.4, 0.5) is 5.69 Å². The molecule has 0 radical (unpaired) electrons. The minimum atomic E-state index is 0. The summed E-state index contributed by atoms with van der Waals surface area (Å²) in [6, 6.07) is 7.93. The molecule has 2 rings (SSSR count). The molecule has 1 aliphatic heterocycles. The number of halogens is 1. The minimum Gasteiger partial charge on any atom is -0.355 e. The second-order valence-electron chi connectivity index (χ2n) is 5.94. The van der Waals surface area contributed by atoms with E-state index in [-0.39, 0.29) is 29.9 Å². The summed E-state index contributed by atoms with van der Waals surface area (Å²) in [5.41, 5.74) is 2.00. The van der Waals surface area contributed by atoms with Gasteiger partial charge in [0.1, 0.15) is 0 Å². The normalized spacial score (nSPS) is 16.9. The first-order valence-corrected chi connectivity index (χ1v) is 9.71. The number of hydrogen-bond donors (Lipinski definition) is 3. The summed E-state index contributed by atoms with van der Waals surface area (Å²) in [6.45, 7) is 3.67. The number of nitrogens with one attached hydrogen (secondary N) is 3. The van der Waals surface area contributed by atoms with Crippen LogP contribution in [0.25, 0.3) is 0 Å². The van der Waals surface area contributed by atoms with Gasteiger partial charge in [-0.05, 0) is 42.7 Å². The van der Waals surface area contributed by atoms with Crippen LogP contribution in [-0.2, 0) is 11.3 Å². The van der Waals surface area contributed by atoms with Crippen LogP contribution in [0.1, 0.15) is 38.2 Å².